The summed E-state index contributed by atoms with van der Waals surface area (Å²) in [5, 5.41) is 11.5. The number of nitrogens with one attached hydrogen (secondary N) is 2. The van der Waals surface area contributed by atoms with Gasteiger partial charge in [0.1, 0.15) is 6.33 Å². The van der Waals surface area contributed by atoms with Gasteiger partial charge in [0, 0.05) is 29.7 Å². The Labute approximate surface area is 187 Å². The highest BCUT2D eigenvalue weighted by Gasteiger charge is 2.23. The molecule has 0 bridgehead atoms. The molecule has 0 radical (unpaired) electrons. The van der Waals surface area contributed by atoms with E-state index < -0.39 is 0 Å². The summed E-state index contributed by atoms with van der Waals surface area (Å²) in [6, 6.07) is 5.87. The summed E-state index contributed by atoms with van der Waals surface area (Å²) in [7, 11) is 0. The molecule has 0 atom stereocenters. The molecule has 1 aliphatic carbocycles. The molecule has 1 aromatic carbocycles. The minimum atomic E-state index is 0.211. The van der Waals surface area contributed by atoms with Crippen LogP contribution in [-0.4, -0.2) is 49.6 Å². The van der Waals surface area contributed by atoms with Gasteiger partial charge in [-0.25, -0.2) is 15.0 Å². The van der Waals surface area contributed by atoms with E-state index in [0.717, 1.165) is 52.5 Å². The molecule has 164 valence electrons. The number of nitrogens with zero attached hydrogens (tertiary/aromatic N) is 5. The molecule has 6 rings (SSSR count). The minimum Gasteiger partial charge on any atom is -0.454 e. The molecule has 3 aromatic heterocycles. The van der Waals surface area contributed by atoms with E-state index in [0.29, 0.717) is 22.8 Å². The molecule has 2 aliphatic rings. The molecular weight excluding hydrogens is 428 g/mol. The zero-order valence-electron chi connectivity index (χ0n) is 17.2. The molecule has 0 amide bonds. The number of aromatic amines is 1. The van der Waals surface area contributed by atoms with Crippen molar-refractivity contribution in [2.45, 2.75) is 29.4 Å². The van der Waals surface area contributed by atoms with E-state index in [-0.39, 0.29) is 6.79 Å². The summed E-state index contributed by atoms with van der Waals surface area (Å²) in [5.41, 5.74) is 9.31. The molecule has 1 saturated carbocycles. The monoisotopic (exact) mass is 450 g/mol. The number of imidazole rings is 1. The third-order valence-electron chi connectivity index (χ3n) is 5.63. The largest absolute Gasteiger partial charge is 0.454 e. The van der Waals surface area contributed by atoms with Crippen LogP contribution in [0.15, 0.2) is 40.8 Å². The molecule has 1 aliphatic heterocycles. The highest BCUT2D eigenvalue weighted by molar-refractivity contribution is 7.99. The second-order valence-electron chi connectivity index (χ2n) is 7.90. The van der Waals surface area contributed by atoms with Crippen LogP contribution in [0.25, 0.3) is 22.4 Å². The standard InChI is InChI=1S/C21H22N8O2S/c22-19-18-20(25-10-24-19)29(6-5-23-9-12-1-2-12)21(27-18)32-17-8-16-15(30-11-31-16)7-13(17)14-3-4-26-28-14/h3-4,7-8,10,12,23H,1-2,5-6,9,11H2,(H,26,28)(H2,22,24,25). The van der Waals surface area contributed by atoms with Crippen LogP contribution in [0, 0.1) is 5.92 Å². The van der Waals surface area contributed by atoms with Crippen molar-refractivity contribution in [2.24, 2.45) is 5.92 Å². The fourth-order valence-electron chi connectivity index (χ4n) is 3.75. The van der Waals surface area contributed by atoms with E-state index >= 15 is 0 Å². The first kappa shape index (κ1) is 19.4. The lowest BCUT2D eigenvalue weighted by molar-refractivity contribution is 0.174. The number of hydrogen-bond acceptors (Lipinski definition) is 9. The predicted molar refractivity (Wildman–Crippen MR) is 120 cm³/mol. The topological polar surface area (TPSA) is 129 Å². The van der Waals surface area contributed by atoms with Crippen molar-refractivity contribution in [3.63, 3.8) is 0 Å². The van der Waals surface area contributed by atoms with Crippen LogP contribution in [0.3, 0.4) is 0 Å². The maximum atomic E-state index is 6.11. The maximum Gasteiger partial charge on any atom is 0.231 e. The van der Waals surface area contributed by atoms with Crippen molar-refractivity contribution in [2.75, 3.05) is 25.6 Å². The molecule has 0 spiro atoms. The van der Waals surface area contributed by atoms with Crippen molar-refractivity contribution >= 4 is 28.7 Å². The van der Waals surface area contributed by atoms with Gasteiger partial charge >= 0.3 is 0 Å². The number of benzene rings is 1. The first-order valence-electron chi connectivity index (χ1n) is 10.5. The van der Waals surface area contributed by atoms with Gasteiger partial charge in [-0.15, -0.1) is 0 Å². The molecule has 0 saturated heterocycles. The van der Waals surface area contributed by atoms with Gasteiger partial charge in [-0.3, -0.25) is 5.10 Å². The SMILES string of the molecule is Nc1ncnc2c1nc(Sc1cc3c(cc1-c1ccn[nH]1)OCO3)n2CCNCC1CC1. The van der Waals surface area contributed by atoms with Crippen molar-refractivity contribution in [3.05, 3.63) is 30.7 Å². The highest BCUT2D eigenvalue weighted by Crippen LogP contribution is 2.44. The zero-order valence-corrected chi connectivity index (χ0v) is 18.1. The Hall–Kier alpha value is -3.31. The van der Waals surface area contributed by atoms with E-state index in [1.54, 1.807) is 6.20 Å². The molecular formula is C21H22N8O2S. The van der Waals surface area contributed by atoms with Gasteiger partial charge in [0.2, 0.25) is 6.79 Å². The molecule has 4 heterocycles. The predicted octanol–water partition coefficient (Wildman–Crippen LogP) is 2.68. The average molecular weight is 451 g/mol. The van der Waals surface area contributed by atoms with Crippen molar-refractivity contribution < 1.29 is 9.47 Å². The van der Waals surface area contributed by atoms with Gasteiger partial charge in [-0.1, -0.05) is 11.8 Å². The number of H-pyrrole nitrogens is 1. The summed E-state index contributed by atoms with van der Waals surface area (Å²) in [6.07, 6.45) is 5.86. The quantitative estimate of drug-likeness (QED) is 0.347. The molecule has 1 fully saturated rings. The molecule has 0 unspecified atom stereocenters. The van der Waals surface area contributed by atoms with Gasteiger partial charge in [0.25, 0.3) is 0 Å². The van der Waals surface area contributed by atoms with Gasteiger partial charge in [-0.2, -0.15) is 5.10 Å². The number of rotatable bonds is 8. The number of nitrogen functional groups attached to an aromatic ring is 1. The van der Waals surface area contributed by atoms with Crippen molar-refractivity contribution in [1.29, 1.82) is 0 Å². The molecule has 4 N–H and O–H groups in total. The Balaban J connectivity index is 1.38. The number of aromatic nitrogens is 6. The van der Waals surface area contributed by atoms with E-state index in [4.69, 9.17) is 20.2 Å². The average Bonchev–Trinajstić information content (AvgIpc) is 3.17. The Kier molecular flexibility index (Phi) is 4.84. The Bertz CT molecular complexity index is 1270. The van der Waals surface area contributed by atoms with Crippen molar-refractivity contribution in [1.82, 2.24) is 35.0 Å². The Morgan fingerprint density at radius 3 is 2.91 bits per heavy atom. The second-order valence-corrected chi connectivity index (χ2v) is 8.91. The lowest BCUT2D eigenvalue weighted by Crippen LogP contribution is -2.22. The van der Waals surface area contributed by atoms with E-state index in [9.17, 15) is 0 Å². The zero-order chi connectivity index (χ0) is 21.5. The lowest BCUT2D eigenvalue weighted by Gasteiger charge is -2.12. The van der Waals surface area contributed by atoms with Crippen LogP contribution in [0.2, 0.25) is 0 Å². The number of ether oxygens (including phenoxy) is 2. The molecule has 4 aromatic rings. The number of hydrogen-bond donors (Lipinski definition) is 3. The minimum absolute atomic E-state index is 0.211. The fourth-order valence-corrected chi connectivity index (χ4v) is 4.82. The summed E-state index contributed by atoms with van der Waals surface area (Å²) >= 11 is 1.53. The summed E-state index contributed by atoms with van der Waals surface area (Å²) < 4.78 is 13.3. The summed E-state index contributed by atoms with van der Waals surface area (Å²) in [5.74, 6) is 2.63. The molecule has 32 heavy (non-hydrogen) atoms. The highest BCUT2D eigenvalue weighted by atomic mass is 32.2. The van der Waals surface area contributed by atoms with Crippen LogP contribution in [0.1, 0.15) is 12.8 Å². The Morgan fingerprint density at radius 1 is 1.22 bits per heavy atom. The number of anilines is 1. The maximum absolute atomic E-state index is 6.11. The van der Waals surface area contributed by atoms with Crippen LogP contribution in [0.4, 0.5) is 5.82 Å². The van der Waals surface area contributed by atoms with Gasteiger partial charge in [0.15, 0.2) is 33.6 Å². The first-order valence-corrected chi connectivity index (χ1v) is 11.4. The smallest absolute Gasteiger partial charge is 0.231 e. The van der Waals surface area contributed by atoms with E-state index in [1.165, 1.54) is 30.9 Å². The normalized spacial score (nSPS) is 15.0. The van der Waals surface area contributed by atoms with Crippen LogP contribution in [0.5, 0.6) is 11.5 Å². The third-order valence-corrected chi connectivity index (χ3v) is 6.69. The van der Waals surface area contributed by atoms with Gasteiger partial charge in [-0.05, 0) is 43.5 Å². The van der Waals surface area contributed by atoms with Crippen LogP contribution >= 0.6 is 11.8 Å². The summed E-state index contributed by atoms with van der Waals surface area (Å²) in [6.45, 7) is 2.82. The number of fused-ring (bicyclic) bond motifs is 2. The first-order chi connectivity index (χ1) is 15.8. The second kappa shape index (κ2) is 7.99. The third kappa shape index (κ3) is 3.63. The summed E-state index contributed by atoms with van der Waals surface area (Å²) in [4.78, 5) is 14.4. The Morgan fingerprint density at radius 2 is 2.09 bits per heavy atom. The van der Waals surface area contributed by atoms with Gasteiger partial charge < -0.3 is 25.1 Å². The van der Waals surface area contributed by atoms with Gasteiger partial charge in [0.05, 0.1) is 5.69 Å². The molecule has 10 nitrogen and oxygen atoms in total. The van der Waals surface area contributed by atoms with Crippen molar-refractivity contribution in [3.8, 4) is 22.8 Å². The molecule has 11 heteroatoms. The van der Waals surface area contributed by atoms with E-state index in [2.05, 4.69) is 30.0 Å². The van der Waals surface area contributed by atoms with Crippen LogP contribution in [-0.2, 0) is 6.54 Å². The lowest BCUT2D eigenvalue weighted by atomic mass is 10.1. The van der Waals surface area contributed by atoms with E-state index in [1.807, 2.05) is 18.2 Å². The van der Waals surface area contributed by atoms with Crippen LogP contribution < -0.4 is 20.5 Å². The number of nitrogens with two attached hydrogens (primary N) is 1. The fraction of sp³-hybridized carbons (Fsp3) is 0.333.